The third kappa shape index (κ3) is 4.65. The Bertz CT molecular complexity index is 1430. The number of amidine groups is 1. The lowest BCUT2D eigenvalue weighted by molar-refractivity contribution is 0.0992. The van der Waals surface area contributed by atoms with Crippen LogP contribution in [0, 0.1) is 0 Å². The summed E-state index contributed by atoms with van der Waals surface area (Å²) >= 11 is 0. The summed E-state index contributed by atoms with van der Waals surface area (Å²) in [4.78, 5) is 17.2. The minimum absolute atomic E-state index is 0.0594. The van der Waals surface area contributed by atoms with Gasteiger partial charge in [0.1, 0.15) is 11.5 Å². The van der Waals surface area contributed by atoms with Gasteiger partial charge in [-0.3, -0.25) is 9.79 Å². The first-order valence-corrected chi connectivity index (χ1v) is 12.1. The van der Waals surface area contributed by atoms with Gasteiger partial charge in [-0.2, -0.15) is 0 Å². The predicted octanol–water partition coefficient (Wildman–Crippen LogP) is 3.41. The zero-order valence-electron chi connectivity index (χ0n) is 19.7. The summed E-state index contributed by atoms with van der Waals surface area (Å²) in [6.07, 6.45) is 3.82. The topological polar surface area (TPSA) is 133 Å². The maximum Gasteiger partial charge on any atom is 0.265 e. The van der Waals surface area contributed by atoms with Crippen molar-refractivity contribution in [3.05, 3.63) is 83.0 Å². The number of nitrogens with zero attached hydrogens (tertiary/aromatic N) is 2. The van der Waals surface area contributed by atoms with Crippen molar-refractivity contribution in [1.82, 2.24) is 4.57 Å². The fourth-order valence-electron chi connectivity index (χ4n) is 5.14. The molecule has 0 atom stereocenters. The van der Waals surface area contributed by atoms with Crippen molar-refractivity contribution >= 4 is 33.4 Å². The number of aliphatic hydroxyl groups excluding tert-OH is 1. The summed E-state index contributed by atoms with van der Waals surface area (Å²) in [5.74, 6) is -0.000902. The van der Waals surface area contributed by atoms with Crippen LogP contribution in [0.25, 0.3) is 21.7 Å². The van der Waals surface area contributed by atoms with E-state index >= 15 is 0 Å². The van der Waals surface area contributed by atoms with Crippen molar-refractivity contribution in [1.29, 1.82) is 0 Å². The molecule has 3 aromatic carbocycles. The first-order valence-electron chi connectivity index (χ1n) is 12.1. The molecule has 1 amide bonds. The van der Waals surface area contributed by atoms with Gasteiger partial charge < -0.3 is 26.9 Å². The smallest absolute Gasteiger partial charge is 0.265 e. The van der Waals surface area contributed by atoms with Crippen LogP contribution >= 0.6 is 0 Å². The first kappa shape index (κ1) is 23.1. The quantitative estimate of drug-likeness (QED) is 0.254. The predicted molar refractivity (Wildman–Crippen MR) is 140 cm³/mol. The lowest BCUT2D eigenvalue weighted by Crippen LogP contribution is -2.29. The minimum atomic E-state index is -0.495. The van der Waals surface area contributed by atoms with Crippen LogP contribution in [-0.4, -0.2) is 33.5 Å². The van der Waals surface area contributed by atoms with Crippen molar-refractivity contribution in [3.63, 3.8) is 0 Å². The summed E-state index contributed by atoms with van der Waals surface area (Å²) < 4.78 is 1.93. The molecule has 7 N–H and O–H groups in total. The molecule has 0 unspecified atom stereocenters. The number of rotatable bonds is 6. The van der Waals surface area contributed by atoms with E-state index in [1.807, 2.05) is 65.2 Å². The van der Waals surface area contributed by atoms with Gasteiger partial charge in [0.25, 0.3) is 5.91 Å². The molecule has 0 bridgehead atoms. The summed E-state index contributed by atoms with van der Waals surface area (Å²) in [7, 11) is 0. The average Bonchev–Trinajstić information content (AvgIpc) is 3.23. The van der Waals surface area contributed by atoms with Gasteiger partial charge in [-0.25, -0.2) is 0 Å². The summed E-state index contributed by atoms with van der Waals surface area (Å²) in [6.45, 7) is 0.368. The molecular weight excluding hydrogens is 438 g/mol. The Balaban J connectivity index is 1.58. The number of aliphatic imine (C=N–C) groups is 1. The van der Waals surface area contributed by atoms with Gasteiger partial charge in [-0.1, -0.05) is 42.5 Å². The number of hydrogen-bond acceptors (Lipinski definition) is 4. The van der Waals surface area contributed by atoms with Crippen LogP contribution in [0.2, 0.25) is 0 Å². The molecule has 0 saturated heterocycles. The van der Waals surface area contributed by atoms with Gasteiger partial charge >= 0.3 is 0 Å². The van der Waals surface area contributed by atoms with Crippen LogP contribution in [0.1, 0.15) is 52.9 Å². The molecule has 1 aliphatic rings. The SMILES string of the molecule is NC(=O)c1cc2ccc(C(N)=NC3CCC(N)CC3)cc2n1Cc1cc(CO)cc2ccccc12. The first-order chi connectivity index (χ1) is 16.9. The molecule has 5 rings (SSSR count). The molecule has 180 valence electrons. The van der Waals surface area contributed by atoms with E-state index in [1.54, 1.807) is 0 Å². The molecule has 7 nitrogen and oxygen atoms in total. The number of carbonyl (C=O) groups is 1. The van der Waals surface area contributed by atoms with Crippen LogP contribution in [0.4, 0.5) is 0 Å². The molecular formula is C28H31N5O2. The highest BCUT2D eigenvalue weighted by atomic mass is 16.3. The highest BCUT2D eigenvalue weighted by Crippen LogP contribution is 2.27. The molecule has 1 saturated carbocycles. The van der Waals surface area contributed by atoms with Gasteiger partial charge in [0.2, 0.25) is 0 Å². The van der Waals surface area contributed by atoms with Crippen LogP contribution < -0.4 is 17.2 Å². The van der Waals surface area contributed by atoms with Gasteiger partial charge in [0, 0.05) is 29.1 Å². The second-order valence-electron chi connectivity index (χ2n) is 9.47. The van der Waals surface area contributed by atoms with Crippen LogP contribution in [0.15, 0.2) is 65.7 Å². The van der Waals surface area contributed by atoms with Crippen molar-refractivity contribution in [2.75, 3.05) is 0 Å². The fourth-order valence-corrected chi connectivity index (χ4v) is 5.14. The lowest BCUT2D eigenvalue weighted by atomic mass is 9.92. The molecule has 1 aliphatic carbocycles. The second-order valence-corrected chi connectivity index (χ2v) is 9.47. The maximum absolute atomic E-state index is 12.4. The normalized spacial score (nSPS) is 18.9. The van der Waals surface area contributed by atoms with Gasteiger partial charge in [-0.05, 0) is 65.8 Å². The number of nitrogens with two attached hydrogens (primary N) is 3. The molecule has 1 fully saturated rings. The highest BCUT2D eigenvalue weighted by Gasteiger charge is 2.19. The molecule has 0 spiro atoms. The van der Waals surface area contributed by atoms with Crippen molar-refractivity contribution in [2.45, 2.75) is 50.9 Å². The van der Waals surface area contributed by atoms with Gasteiger partial charge in [-0.15, -0.1) is 0 Å². The van der Waals surface area contributed by atoms with Crippen LogP contribution in [0.3, 0.4) is 0 Å². The highest BCUT2D eigenvalue weighted by molar-refractivity contribution is 6.03. The number of fused-ring (bicyclic) bond motifs is 2. The standard InChI is InChI=1S/C28H31N5O2/c29-22-7-9-23(10-8-22)32-27(30)20-6-5-19-13-26(28(31)35)33(25(19)14-20)15-21-12-17(16-34)11-18-3-1-2-4-24(18)21/h1-6,11-14,22-23,34H,7-10,15-16,29H2,(H2,30,32)(H2,31,35). The molecule has 1 aromatic heterocycles. The minimum Gasteiger partial charge on any atom is -0.392 e. The lowest BCUT2D eigenvalue weighted by Gasteiger charge is -2.23. The Labute approximate surface area is 204 Å². The van der Waals surface area contributed by atoms with E-state index in [4.69, 9.17) is 22.2 Å². The third-order valence-electron chi connectivity index (χ3n) is 7.03. The van der Waals surface area contributed by atoms with Crippen molar-refractivity contribution < 1.29 is 9.90 Å². The number of benzene rings is 3. The Morgan fingerprint density at radius 1 is 0.971 bits per heavy atom. The van der Waals surface area contributed by atoms with Gasteiger partial charge in [0.05, 0.1) is 12.6 Å². The Hall–Kier alpha value is -3.68. The van der Waals surface area contributed by atoms with E-state index in [-0.39, 0.29) is 18.7 Å². The number of aromatic nitrogens is 1. The van der Waals surface area contributed by atoms with Crippen LogP contribution in [0.5, 0.6) is 0 Å². The molecule has 0 aliphatic heterocycles. The molecule has 35 heavy (non-hydrogen) atoms. The zero-order chi connectivity index (χ0) is 24.5. The monoisotopic (exact) mass is 469 g/mol. The number of carbonyl (C=O) groups excluding carboxylic acids is 1. The van der Waals surface area contributed by atoms with E-state index < -0.39 is 5.91 Å². The second kappa shape index (κ2) is 9.52. The number of aliphatic hydroxyl groups is 1. The van der Waals surface area contributed by atoms with Crippen LogP contribution in [-0.2, 0) is 13.2 Å². The molecule has 7 heteroatoms. The Kier molecular flexibility index (Phi) is 6.28. The van der Waals surface area contributed by atoms with Crippen molar-refractivity contribution in [3.8, 4) is 0 Å². The number of primary amides is 1. The van der Waals surface area contributed by atoms with E-state index in [9.17, 15) is 9.90 Å². The third-order valence-corrected chi connectivity index (χ3v) is 7.03. The summed E-state index contributed by atoms with van der Waals surface area (Å²) in [6, 6.07) is 20.1. The summed E-state index contributed by atoms with van der Waals surface area (Å²) in [5.41, 5.74) is 22.1. The maximum atomic E-state index is 12.4. The largest absolute Gasteiger partial charge is 0.392 e. The van der Waals surface area contributed by atoms with Gasteiger partial charge in [0.15, 0.2) is 0 Å². The molecule has 4 aromatic rings. The molecule has 0 radical (unpaired) electrons. The van der Waals surface area contributed by atoms with E-state index in [0.717, 1.165) is 64.0 Å². The van der Waals surface area contributed by atoms with E-state index in [2.05, 4.69) is 0 Å². The number of amides is 1. The summed E-state index contributed by atoms with van der Waals surface area (Å²) in [5, 5.41) is 12.8. The van der Waals surface area contributed by atoms with Crippen molar-refractivity contribution in [2.24, 2.45) is 22.2 Å². The Morgan fingerprint density at radius 3 is 2.49 bits per heavy atom. The van der Waals surface area contributed by atoms with E-state index in [1.165, 1.54) is 0 Å². The Morgan fingerprint density at radius 2 is 1.74 bits per heavy atom. The fraction of sp³-hybridized carbons (Fsp3) is 0.286. The van der Waals surface area contributed by atoms with E-state index in [0.29, 0.717) is 18.1 Å². The molecule has 1 heterocycles. The number of hydrogen-bond donors (Lipinski definition) is 4. The average molecular weight is 470 g/mol. The zero-order valence-corrected chi connectivity index (χ0v) is 19.7.